The molecule has 134 valence electrons. The van der Waals surface area contributed by atoms with Gasteiger partial charge in [0, 0.05) is 42.4 Å². The van der Waals surface area contributed by atoms with Gasteiger partial charge in [-0.15, -0.1) is 0 Å². The topological polar surface area (TPSA) is 47.7 Å². The maximum Gasteiger partial charge on any atom is 0.114 e. The molecule has 1 saturated heterocycles. The van der Waals surface area contributed by atoms with Gasteiger partial charge < -0.3 is 15.2 Å². The molecule has 2 aliphatic rings. The summed E-state index contributed by atoms with van der Waals surface area (Å²) in [6.45, 7) is 11.1. The summed E-state index contributed by atoms with van der Waals surface area (Å²) in [6.07, 6.45) is 5.21. The Hall–Kier alpha value is -0.203. The summed E-state index contributed by atoms with van der Waals surface area (Å²) >= 11 is 0. The van der Waals surface area contributed by atoms with E-state index in [0.29, 0.717) is 24.3 Å². The van der Waals surface area contributed by atoms with Crippen LogP contribution < -0.4 is 5.73 Å². The lowest BCUT2D eigenvalue weighted by Gasteiger charge is -2.39. The minimum atomic E-state index is 0.195. The number of allylic oxidation sites excluding steroid dienone is 2. The van der Waals surface area contributed by atoms with Gasteiger partial charge in [0.2, 0.25) is 0 Å². The molecule has 1 aliphatic heterocycles. The van der Waals surface area contributed by atoms with E-state index in [1.807, 2.05) is 0 Å². The second-order valence-corrected chi connectivity index (χ2v) is 8.49. The van der Waals surface area contributed by atoms with Gasteiger partial charge in [0.15, 0.2) is 0 Å². The molecule has 0 aromatic heterocycles. The Morgan fingerprint density at radius 1 is 1.43 bits per heavy atom. The molecule has 1 heterocycles. The van der Waals surface area contributed by atoms with Crippen LogP contribution in [0, 0.1) is 17.8 Å². The molecule has 5 atom stereocenters. The minimum absolute atomic E-state index is 0.195. The molecular formula is C18H36N2O2Si. The third-order valence-electron chi connectivity index (χ3n) is 5.28. The lowest BCUT2D eigenvalue weighted by molar-refractivity contribution is -0.0833. The Labute approximate surface area is 145 Å². The summed E-state index contributed by atoms with van der Waals surface area (Å²) in [6, 6.07) is 1.32. The van der Waals surface area contributed by atoms with Crippen molar-refractivity contribution in [3.63, 3.8) is 0 Å². The van der Waals surface area contributed by atoms with Crippen LogP contribution >= 0.6 is 0 Å². The van der Waals surface area contributed by atoms with Gasteiger partial charge in [0.05, 0.1) is 12.7 Å². The third kappa shape index (κ3) is 5.13. The van der Waals surface area contributed by atoms with E-state index >= 15 is 0 Å². The van der Waals surface area contributed by atoms with Crippen molar-refractivity contribution in [1.82, 2.24) is 4.90 Å². The van der Waals surface area contributed by atoms with E-state index in [2.05, 4.69) is 31.7 Å². The fourth-order valence-electron chi connectivity index (χ4n) is 4.29. The average Bonchev–Trinajstić information content (AvgIpc) is 2.86. The molecule has 0 bridgehead atoms. The quantitative estimate of drug-likeness (QED) is 0.412. The second kappa shape index (κ2) is 9.32. The van der Waals surface area contributed by atoms with Gasteiger partial charge >= 0.3 is 0 Å². The van der Waals surface area contributed by atoms with Crippen LogP contribution in [0.3, 0.4) is 0 Å². The van der Waals surface area contributed by atoms with Gasteiger partial charge in [-0.2, -0.15) is 0 Å². The number of nitrogens with two attached hydrogens (primary N) is 1. The van der Waals surface area contributed by atoms with Gasteiger partial charge in [0.1, 0.15) is 6.23 Å². The zero-order valence-electron chi connectivity index (χ0n) is 15.5. The molecule has 1 aliphatic carbocycles. The maximum atomic E-state index is 6.45. The number of ether oxygens (including phenoxy) is 2. The molecule has 2 N–H and O–H groups in total. The number of nitrogens with zero attached hydrogens (tertiary/aromatic N) is 1. The molecule has 5 heteroatoms. The number of hydrogen-bond acceptors (Lipinski definition) is 4. The van der Waals surface area contributed by atoms with E-state index in [1.165, 1.54) is 34.7 Å². The number of hydrogen-bond donors (Lipinski definition) is 1. The van der Waals surface area contributed by atoms with Crippen LogP contribution in [0.5, 0.6) is 0 Å². The van der Waals surface area contributed by atoms with Crippen molar-refractivity contribution in [2.75, 3.05) is 32.8 Å². The van der Waals surface area contributed by atoms with Crippen LogP contribution in [-0.4, -0.2) is 60.3 Å². The zero-order valence-corrected chi connectivity index (χ0v) is 17.5. The first-order valence-corrected chi connectivity index (χ1v) is 10.8. The van der Waals surface area contributed by atoms with Crippen molar-refractivity contribution in [1.29, 1.82) is 0 Å². The van der Waals surface area contributed by atoms with Crippen molar-refractivity contribution in [3.8, 4) is 0 Å². The van der Waals surface area contributed by atoms with Gasteiger partial charge in [-0.25, -0.2) is 0 Å². The number of rotatable bonds is 8. The molecule has 0 saturated carbocycles. The lowest BCUT2D eigenvalue weighted by Crippen LogP contribution is -2.44. The van der Waals surface area contributed by atoms with Crippen LogP contribution in [0.15, 0.2) is 11.6 Å². The highest BCUT2D eigenvalue weighted by Crippen LogP contribution is 2.39. The van der Waals surface area contributed by atoms with Crippen LogP contribution in [0.25, 0.3) is 0 Å². The van der Waals surface area contributed by atoms with Crippen LogP contribution in [0.1, 0.15) is 33.6 Å². The maximum absolute atomic E-state index is 6.45. The first-order valence-electron chi connectivity index (χ1n) is 9.41. The van der Waals surface area contributed by atoms with Crippen LogP contribution in [0.2, 0.25) is 6.04 Å². The average molecular weight is 341 g/mol. The molecule has 2 rings (SSSR count). The summed E-state index contributed by atoms with van der Waals surface area (Å²) < 4.78 is 12.3. The molecule has 0 radical (unpaired) electrons. The standard InChI is InChI=1S/C18H36N2O2Si/c1-13-9-14(2)17(15(3)10-13)18-20(6-5-19)11-16(22-18)12-21-7-4-8-23/h9,14-18H,4-8,10-12,19H2,1-3,23H3/t14-,15+,16?,17?,18?/m1/s1. The third-order valence-corrected chi connectivity index (χ3v) is 5.98. The van der Waals surface area contributed by atoms with Crippen molar-refractivity contribution in [3.05, 3.63) is 11.6 Å². The van der Waals surface area contributed by atoms with Gasteiger partial charge in [-0.05, 0) is 31.6 Å². The summed E-state index contributed by atoms with van der Waals surface area (Å²) in [5.41, 5.74) is 7.36. The van der Waals surface area contributed by atoms with Crippen molar-refractivity contribution >= 4 is 10.2 Å². The van der Waals surface area contributed by atoms with Gasteiger partial charge in [-0.1, -0.05) is 31.5 Å². The molecule has 0 amide bonds. The second-order valence-electron chi connectivity index (χ2n) is 7.49. The molecule has 0 aromatic rings. The normalized spacial score (nSPS) is 35.7. The van der Waals surface area contributed by atoms with Crippen molar-refractivity contribution < 1.29 is 9.47 Å². The SMILES string of the molecule is CC1=C[C@@H](C)C(C2OC(COCCC[SiH3])CN2CCN)[C@@H](C)C1. The molecule has 0 spiro atoms. The van der Waals surface area contributed by atoms with E-state index in [4.69, 9.17) is 15.2 Å². The monoisotopic (exact) mass is 340 g/mol. The predicted molar refractivity (Wildman–Crippen MR) is 99.7 cm³/mol. The first kappa shape index (κ1) is 19.1. The summed E-state index contributed by atoms with van der Waals surface area (Å²) in [5, 5.41) is 0. The zero-order chi connectivity index (χ0) is 16.8. The van der Waals surface area contributed by atoms with E-state index in [9.17, 15) is 0 Å². The molecule has 4 nitrogen and oxygen atoms in total. The molecule has 3 unspecified atom stereocenters. The van der Waals surface area contributed by atoms with Gasteiger partial charge in [-0.3, -0.25) is 4.90 Å². The van der Waals surface area contributed by atoms with Crippen molar-refractivity contribution in [2.24, 2.45) is 23.5 Å². The lowest BCUT2D eigenvalue weighted by atomic mass is 9.74. The molecular weight excluding hydrogens is 304 g/mol. The molecule has 0 aromatic carbocycles. The van der Waals surface area contributed by atoms with E-state index < -0.39 is 0 Å². The predicted octanol–water partition coefficient (Wildman–Crippen LogP) is 1.40. The van der Waals surface area contributed by atoms with E-state index in [0.717, 1.165) is 26.3 Å². The molecule has 23 heavy (non-hydrogen) atoms. The van der Waals surface area contributed by atoms with E-state index in [-0.39, 0.29) is 12.3 Å². The van der Waals surface area contributed by atoms with E-state index in [1.54, 1.807) is 0 Å². The Morgan fingerprint density at radius 2 is 2.22 bits per heavy atom. The Balaban J connectivity index is 1.97. The Bertz CT molecular complexity index is 391. The Morgan fingerprint density at radius 3 is 2.87 bits per heavy atom. The summed E-state index contributed by atoms with van der Waals surface area (Å²) in [4.78, 5) is 2.45. The van der Waals surface area contributed by atoms with Crippen LogP contribution in [0.4, 0.5) is 0 Å². The van der Waals surface area contributed by atoms with Crippen LogP contribution in [-0.2, 0) is 9.47 Å². The fraction of sp³-hybridized carbons (Fsp3) is 0.889. The summed E-state index contributed by atoms with van der Waals surface area (Å²) in [7, 11) is 1.27. The highest BCUT2D eigenvalue weighted by molar-refractivity contribution is 6.08. The molecule has 1 fully saturated rings. The van der Waals surface area contributed by atoms with Gasteiger partial charge in [0.25, 0.3) is 0 Å². The van der Waals surface area contributed by atoms with Crippen molar-refractivity contribution in [2.45, 2.75) is 52.0 Å². The summed E-state index contributed by atoms with van der Waals surface area (Å²) in [5.74, 6) is 1.77. The smallest absolute Gasteiger partial charge is 0.114 e. The largest absolute Gasteiger partial charge is 0.379 e. The highest BCUT2D eigenvalue weighted by atomic mass is 28.1. The minimum Gasteiger partial charge on any atom is -0.379 e. The highest BCUT2D eigenvalue weighted by Gasteiger charge is 2.42. The fourth-order valence-corrected chi connectivity index (χ4v) is 4.58. The first-order chi connectivity index (χ1) is 11.1. The Kier molecular flexibility index (Phi) is 7.75.